The number of ether oxygens (including phenoxy) is 2. The summed E-state index contributed by atoms with van der Waals surface area (Å²) < 4.78 is 14.0. The van der Waals surface area contributed by atoms with Gasteiger partial charge < -0.3 is 14.8 Å². The van der Waals surface area contributed by atoms with Crippen molar-refractivity contribution in [1.29, 1.82) is 0 Å². The van der Waals surface area contributed by atoms with Crippen molar-refractivity contribution in [2.24, 2.45) is 0 Å². The normalized spacial score (nSPS) is 11.3. The van der Waals surface area contributed by atoms with Crippen molar-refractivity contribution in [1.82, 2.24) is 14.9 Å². The van der Waals surface area contributed by atoms with Crippen LogP contribution in [0.2, 0.25) is 0 Å². The zero-order chi connectivity index (χ0) is 20.1. The third-order valence-corrected chi connectivity index (χ3v) is 4.83. The van der Waals surface area contributed by atoms with E-state index in [0.717, 1.165) is 27.0 Å². The second-order valence-corrected chi connectivity index (χ2v) is 7.14. The van der Waals surface area contributed by atoms with Crippen LogP contribution in [0, 0.1) is 6.92 Å². The lowest BCUT2D eigenvalue weighted by molar-refractivity contribution is -0.131. The van der Waals surface area contributed by atoms with E-state index in [4.69, 9.17) is 9.47 Å². The quantitative estimate of drug-likeness (QED) is 0.527. The molecule has 2 aromatic carbocycles. The number of hydrogen-bond donors (Lipinski definition) is 1. The van der Waals surface area contributed by atoms with Crippen LogP contribution in [0.1, 0.15) is 30.0 Å². The molecule has 1 heterocycles. The molecule has 0 fully saturated rings. The molecule has 0 unspecified atom stereocenters. The second-order valence-electron chi connectivity index (χ2n) is 6.22. The van der Waals surface area contributed by atoms with Crippen molar-refractivity contribution in [2.75, 3.05) is 19.8 Å². The Kier molecular flexibility index (Phi) is 6.83. The Balaban J connectivity index is 1.81. The zero-order valence-corrected chi connectivity index (χ0v) is 17.8. The van der Waals surface area contributed by atoms with E-state index in [0.29, 0.717) is 25.3 Å². The third kappa shape index (κ3) is 4.60. The van der Waals surface area contributed by atoms with E-state index in [2.05, 4.69) is 30.8 Å². The summed E-state index contributed by atoms with van der Waals surface area (Å²) in [7, 11) is 0. The van der Waals surface area contributed by atoms with Crippen molar-refractivity contribution < 1.29 is 14.3 Å². The van der Waals surface area contributed by atoms with Gasteiger partial charge in [-0.15, -0.1) is 0 Å². The van der Waals surface area contributed by atoms with Gasteiger partial charge in [-0.25, -0.2) is 4.98 Å². The molecule has 3 rings (SSSR count). The van der Waals surface area contributed by atoms with Gasteiger partial charge in [0.05, 0.1) is 17.6 Å². The van der Waals surface area contributed by atoms with Crippen LogP contribution in [-0.4, -0.2) is 41.5 Å². The number of aryl methyl sites for hydroxylation is 1. The van der Waals surface area contributed by atoms with Crippen molar-refractivity contribution in [3.63, 3.8) is 0 Å². The minimum Gasteiger partial charge on any atom is -0.351 e. The van der Waals surface area contributed by atoms with Gasteiger partial charge in [0.2, 0.25) is 0 Å². The molecule has 1 amide bonds. The Morgan fingerprint density at radius 3 is 2.46 bits per heavy atom. The van der Waals surface area contributed by atoms with Gasteiger partial charge in [-0.05, 0) is 63.2 Å². The number of carbonyl (C=O) groups excluding carboxylic acids is 1. The van der Waals surface area contributed by atoms with Crippen LogP contribution in [-0.2, 0) is 9.47 Å². The number of fused-ring (bicyclic) bond motifs is 1. The second kappa shape index (κ2) is 9.32. The lowest BCUT2D eigenvalue weighted by atomic mass is 10.2. The summed E-state index contributed by atoms with van der Waals surface area (Å²) >= 11 is 3.46. The Morgan fingerprint density at radius 2 is 1.82 bits per heavy atom. The highest BCUT2D eigenvalue weighted by molar-refractivity contribution is 9.10. The van der Waals surface area contributed by atoms with Gasteiger partial charge >= 0.3 is 0 Å². The van der Waals surface area contributed by atoms with E-state index in [9.17, 15) is 4.79 Å². The molecule has 1 N–H and O–H groups in total. The van der Waals surface area contributed by atoms with Gasteiger partial charge in [-0.2, -0.15) is 0 Å². The van der Waals surface area contributed by atoms with Gasteiger partial charge in [0.1, 0.15) is 5.82 Å². The lowest BCUT2D eigenvalue weighted by Crippen LogP contribution is -2.35. The number of nitrogens with one attached hydrogen (secondary N) is 1. The summed E-state index contributed by atoms with van der Waals surface area (Å²) in [6.45, 7) is 7.09. The SMILES string of the molecule is CCOC(CNC(=O)c1ccc2c(c1)nc(C)n2-c1ccc(Br)cc1)OCC. The summed E-state index contributed by atoms with van der Waals surface area (Å²) in [5, 5.41) is 2.86. The fourth-order valence-electron chi connectivity index (χ4n) is 3.07. The Hall–Kier alpha value is -2.22. The maximum atomic E-state index is 12.5. The summed E-state index contributed by atoms with van der Waals surface area (Å²) in [4.78, 5) is 17.2. The molecule has 0 bridgehead atoms. The highest BCUT2D eigenvalue weighted by Crippen LogP contribution is 2.23. The molecule has 0 atom stereocenters. The van der Waals surface area contributed by atoms with Crippen molar-refractivity contribution in [2.45, 2.75) is 27.1 Å². The monoisotopic (exact) mass is 445 g/mol. The Labute approximate surface area is 173 Å². The van der Waals surface area contributed by atoms with E-state index < -0.39 is 6.29 Å². The standard InChI is InChI=1S/C21H24BrN3O3/c1-4-27-20(28-5-2)13-23-21(26)15-6-11-19-18(12-15)24-14(3)25(19)17-9-7-16(22)8-10-17/h6-12,20H,4-5,13H2,1-3H3,(H,23,26). The highest BCUT2D eigenvalue weighted by Gasteiger charge is 2.15. The minimum absolute atomic E-state index is 0.179. The first kappa shape index (κ1) is 20.5. The van der Waals surface area contributed by atoms with Crippen LogP contribution < -0.4 is 5.32 Å². The number of aromatic nitrogens is 2. The minimum atomic E-state index is -0.443. The number of imidazole rings is 1. The molecule has 28 heavy (non-hydrogen) atoms. The summed E-state index contributed by atoms with van der Waals surface area (Å²) in [6.07, 6.45) is -0.443. The van der Waals surface area contributed by atoms with Gasteiger partial charge in [0, 0.05) is 28.9 Å². The predicted octanol–water partition coefficient (Wildman–Crippen LogP) is 4.23. The third-order valence-electron chi connectivity index (χ3n) is 4.30. The molecule has 148 valence electrons. The van der Waals surface area contributed by atoms with Crippen LogP contribution in [0.4, 0.5) is 0 Å². The predicted molar refractivity (Wildman–Crippen MR) is 113 cm³/mol. The molecule has 0 aliphatic rings. The molecule has 7 heteroatoms. The molecule has 3 aromatic rings. The fraction of sp³-hybridized carbons (Fsp3) is 0.333. The molecule has 0 spiro atoms. The first-order chi connectivity index (χ1) is 13.5. The number of benzene rings is 2. The molecule has 1 aromatic heterocycles. The molecular weight excluding hydrogens is 422 g/mol. The van der Waals surface area contributed by atoms with E-state index in [1.807, 2.05) is 63.2 Å². The zero-order valence-electron chi connectivity index (χ0n) is 16.2. The Bertz CT molecular complexity index is 947. The smallest absolute Gasteiger partial charge is 0.251 e. The maximum absolute atomic E-state index is 12.5. The first-order valence-corrected chi connectivity index (χ1v) is 10.1. The molecule has 0 saturated carbocycles. The maximum Gasteiger partial charge on any atom is 0.251 e. The average Bonchev–Trinajstić information content (AvgIpc) is 3.02. The van der Waals surface area contributed by atoms with E-state index >= 15 is 0 Å². The summed E-state index contributed by atoms with van der Waals surface area (Å²) in [6, 6.07) is 13.6. The lowest BCUT2D eigenvalue weighted by Gasteiger charge is -2.17. The van der Waals surface area contributed by atoms with Crippen molar-refractivity contribution in [3.8, 4) is 5.69 Å². The van der Waals surface area contributed by atoms with Crippen LogP contribution in [0.3, 0.4) is 0 Å². The van der Waals surface area contributed by atoms with E-state index in [1.54, 1.807) is 0 Å². The molecule has 6 nitrogen and oxygen atoms in total. The highest BCUT2D eigenvalue weighted by atomic mass is 79.9. The molecular formula is C21H24BrN3O3. The van der Waals surface area contributed by atoms with E-state index in [-0.39, 0.29) is 5.91 Å². The summed E-state index contributed by atoms with van der Waals surface area (Å²) in [5.74, 6) is 0.685. The topological polar surface area (TPSA) is 65.4 Å². The number of halogens is 1. The number of rotatable bonds is 8. The van der Waals surface area contributed by atoms with Gasteiger partial charge in [-0.1, -0.05) is 15.9 Å². The first-order valence-electron chi connectivity index (χ1n) is 9.30. The largest absolute Gasteiger partial charge is 0.351 e. The van der Waals surface area contributed by atoms with Crippen LogP contribution >= 0.6 is 15.9 Å². The summed E-state index contributed by atoms with van der Waals surface area (Å²) in [5.41, 5.74) is 3.31. The van der Waals surface area contributed by atoms with Gasteiger partial charge in [0.15, 0.2) is 6.29 Å². The van der Waals surface area contributed by atoms with Crippen molar-refractivity contribution >= 4 is 32.9 Å². The molecule has 0 radical (unpaired) electrons. The molecule has 0 aliphatic carbocycles. The fourth-order valence-corrected chi connectivity index (χ4v) is 3.34. The Morgan fingerprint density at radius 1 is 1.14 bits per heavy atom. The number of nitrogens with zero attached hydrogens (tertiary/aromatic N) is 2. The van der Waals surface area contributed by atoms with E-state index in [1.165, 1.54) is 0 Å². The van der Waals surface area contributed by atoms with Gasteiger partial charge in [-0.3, -0.25) is 9.36 Å². The molecule has 0 aliphatic heterocycles. The molecule has 0 saturated heterocycles. The van der Waals surface area contributed by atoms with Crippen molar-refractivity contribution in [3.05, 3.63) is 58.3 Å². The number of amides is 1. The van der Waals surface area contributed by atoms with Gasteiger partial charge in [0.25, 0.3) is 5.91 Å². The average molecular weight is 446 g/mol. The number of carbonyl (C=O) groups is 1. The van der Waals surface area contributed by atoms with Crippen LogP contribution in [0.25, 0.3) is 16.7 Å². The van der Waals surface area contributed by atoms with Crippen LogP contribution in [0.5, 0.6) is 0 Å². The number of hydrogen-bond acceptors (Lipinski definition) is 4. The van der Waals surface area contributed by atoms with Crippen LogP contribution in [0.15, 0.2) is 46.9 Å².